The van der Waals surface area contributed by atoms with E-state index in [4.69, 9.17) is 5.11 Å². The molecule has 0 heterocycles. The number of carbonyl (C=O) groups is 3. The van der Waals surface area contributed by atoms with E-state index < -0.39 is 12.3 Å². The van der Waals surface area contributed by atoms with Crippen molar-refractivity contribution in [2.24, 2.45) is 0 Å². The average molecular weight is 231 g/mol. The third-order valence-electron chi connectivity index (χ3n) is 1.83. The Morgan fingerprint density at radius 2 is 1.62 bits per heavy atom. The first-order valence-corrected chi connectivity index (χ1v) is 4.81. The van der Waals surface area contributed by atoms with Crippen LogP contribution < -0.4 is 10.6 Å². The van der Waals surface area contributed by atoms with Gasteiger partial charge in [0.1, 0.15) is 6.17 Å². The average Bonchev–Trinajstić information content (AvgIpc) is 2.11. The van der Waals surface area contributed by atoms with Crippen molar-refractivity contribution in [1.82, 2.24) is 15.5 Å². The van der Waals surface area contributed by atoms with E-state index >= 15 is 0 Å². The second kappa shape index (κ2) is 6.65. The number of nitrogens with zero attached hydrogens (tertiary/aromatic N) is 1. The van der Waals surface area contributed by atoms with Crippen LogP contribution in [0, 0.1) is 0 Å². The zero-order chi connectivity index (χ0) is 12.7. The molecule has 3 amide bonds. The van der Waals surface area contributed by atoms with Crippen LogP contribution in [0.3, 0.4) is 0 Å². The molecule has 7 nitrogen and oxygen atoms in total. The molecule has 0 aliphatic carbocycles. The molecule has 0 aromatic carbocycles. The highest BCUT2D eigenvalue weighted by Crippen LogP contribution is 1.93. The number of nitrogens with one attached hydrogen (secondary N) is 2. The van der Waals surface area contributed by atoms with Crippen LogP contribution in [-0.4, -0.2) is 47.7 Å². The Morgan fingerprint density at radius 3 is 1.94 bits per heavy atom. The van der Waals surface area contributed by atoms with Crippen LogP contribution in [0.5, 0.6) is 0 Å². The molecule has 0 bridgehead atoms. The molecule has 16 heavy (non-hydrogen) atoms. The van der Waals surface area contributed by atoms with E-state index in [2.05, 4.69) is 10.6 Å². The van der Waals surface area contributed by atoms with E-state index in [1.807, 2.05) is 0 Å². The van der Waals surface area contributed by atoms with Crippen LogP contribution >= 0.6 is 0 Å². The molecule has 0 spiro atoms. The Labute approximate surface area is 93.8 Å². The molecular weight excluding hydrogens is 214 g/mol. The van der Waals surface area contributed by atoms with E-state index in [0.29, 0.717) is 6.42 Å². The van der Waals surface area contributed by atoms with Crippen LogP contribution in [0.1, 0.15) is 20.3 Å². The highest BCUT2D eigenvalue weighted by Gasteiger charge is 2.13. The van der Waals surface area contributed by atoms with Gasteiger partial charge in [0.15, 0.2) is 0 Å². The predicted octanol–water partition coefficient (Wildman–Crippen LogP) is -0.415. The first-order chi connectivity index (χ1) is 7.32. The first kappa shape index (κ1) is 14.2. The normalized spacial score (nSPS) is 9.75. The van der Waals surface area contributed by atoms with Gasteiger partial charge in [0, 0.05) is 33.9 Å². The fourth-order valence-electron chi connectivity index (χ4n) is 1.09. The van der Waals surface area contributed by atoms with Crippen molar-refractivity contribution in [2.75, 3.05) is 13.6 Å². The second-order valence-electron chi connectivity index (χ2n) is 3.45. The fourth-order valence-corrected chi connectivity index (χ4v) is 1.09. The standard InChI is InChI=1S/C9H17N3O4/c1-6(13)10-8(11-7(2)14)4-5-12(3)9(15)16/h8H,4-5H2,1-3H3,(H,10,13)(H,11,14)(H,15,16). The minimum Gasteiger partial charge on any atom is -0.465 e. The summed E-state index contributed by atoms with van der Waals surface area (Å²) in [7, 11) is 1.42. The summed E-state index contributed by atoms with van der Waals surface area (Å²) in [6.45, 7) is 2.88. The molecule has 0 aromatic rings. The zero-order valence-corrected chi connectivity index (χ0v) is 9.61. The van der Waals surface area contributed by atoms with Crippen LogP contribution in [0.2, 0.25) is 0 Å². The second-order valence-corrected chi connectivity index (χ2v) is 3.45. The third kappa shape index (κ3) is 6.63. The van der Waals surface area contributed by atoms with Gasteiger partial charge in [0.05, 0.1) is 0 Å². The number of hydrogen-bond donors (Lipinski definition) is 3. The van der Waals surface area contributed by atoms with Crippen molar-refractivity contribution in [3.63, 3.8) is 0 Å². The van der Waals surface area contributed by atoms with Crippen molar-refractivity contribution in [2.45, 2.75) is 26.4 Å². The maximum atomic E-state index is 10.8. The van der Waals surface area contributed by atoms with Gasteiger partial charge in [-0.3, -0.25) is 9.59 Å². The Morgan fingerprint density at radius 1 is 1.19 bits per heavy atom. The van der Waals surface area contributed by atoms with Crippen molar-refractivity contribution in [1.29, 1.82) is 0 Å². The Balaban J connectivity index is 4.15. The van der Waals surface area contributed by atoms with Gasteiger partial charge < -0.3 is 20.6 Å². The van der Waals surface area contributed by atoms with E-state index in [1.54, 1.807) is 0 Å². The summed E-state index contributed by atoms with van der Waals surface area (Å²) in [5.41, 5.74) is 0. The van der Waals surface area contributed by atoms with Gasteiger partial charge in [0.2, 0.25) is 11.8 Å². The van der Waals surface area contributed by atoms with Gasteiger partial charge in [-0.15, -0.1) is 0 Å². The molecule has 0 saturated heterocycles. The Bertz CT molecular complexity index is 264. The quantitative estimate of drug-likeness (QED) is 0.560. The molecule has 0 radical (unpaired) electrons. The number of rotatable bonds is 5. The minimum atomic E-state index is -1.05. The molecule has 92 valence electrons. The van der Waals surface area contributed by atoms with Crippen molar-refractivity contribution in [3.05, 3.63) is 0 Å². The lowest BCUT2D eigenvalue weighted by atomic mass is 10.3. The molecule has 7 heteroatoms. The molecule has 0 fully saturated rings. The molecule has 0 aliphatic heterocycles. The Hall–Kier alpha value is -1.79. The van der Waals surface area contributed by atoms with Gasteiger partial charge in [-0.05, 0) is 0 Å². The molecule has 3 N–H and O–H groups in total. The van der Waals surface area contributed by atoms with E-state index in [0.717, 1.165) is 4.90 Å². The van der Waals surface area contributed by atoms with Crippen LogP contribution in [0.15, 0.2) is 0 Å². The molecule has 0 saturated carbocycles. The van der Waals surface area contributed by atoms with Gasteiger partial charge in [-0.2, -0.15) is 0 Å². The van der Waals surface area contributed by atoms with Gasteiger partial charge in [-0.25, -0.2) is 4.79 Å². The van der Waals surface area contributed by atoms with Gasteiger partial charge >= 0.3 is 6.09 Å². The van der Waals surface area contributed by atoms with Crippen molar-refractivity contribution < 1.29 is 19.5 Å². The molecule has 0 rings (SSSR count). The third-order valence-corrected chi connectivity index (χ3v) is 1.83. The lowest BCUT2D eigenvalue weighted by molar-refractivity contribution is -0.122. The van der Waals surface area contributed by atoms with Crippen LogP contribution in [0.25, 0.3) is 0 Å². The highest BCUT2D eigenvalue weighted by atomic mass is 16.4. The van der Waals surface area contributed by atoms with Crippen LogP contribution in [-0.2, 0) is 9.59 Å². The highest BCUT2D eigenvalue weighted by molar-refractivity contribution is 5.76. The largest absolute Gasteiger partial charge is 0.465 e. The summed E-state index contributed by atoms with van der Waals surface area (Å²) >= 11 is 0. The van der Waals surface area contributed by atoms with Gasteiger partial charge in [-0.1, -0.05) is 0 Å². The Kier molecular flexibility index (Phi) is 5.91. The van der Waals surface area contributed by atoms with Crippen molar-refractivity contribution >= 4 is 17.9 Å². The molecular formula is C9H17N3O4. The first-order valence-electron chi connectivity index (χ1n) is 4.81. The SMILES string of the molecule is CC(=O)NC(CCN(C)C(=O)O)NC(C)=O. The molecule has 0 unspecified atom stereocenters. The maximum Gasteiger partial charge on any atom is 0.407 e. The lowest BCUT2D eigenvalue weighted by Gasteiger charge is -2.21. The maximum absolute atomic E-state index is 10.8. The number of hydrogen-bond acceptors (Lipinski definition) is 3. The summed E-state index contributed by atoms with van der Waals surface area (Å²) in [6.07, 6.45) is -1.27. The monoisotopic (exact) mass is 231 g/mol. The smallest absolute Gasteiger partial charge is 0.407 e. The van der Waals surface area contributed by atoms with E-state index in [1.165, 1.54) is 20.9 Å². The zero-order valence-electron chi connectivity index (χ0n) is 9.61. The predicted molar refractivity (Wildman–Crippen MR) is 56.7 cm³/mol. The molecule has 0 aliphatic rings. The summed E-state index contributed by atoms with van der Waals surface area (Å²) in [5.74, 6) is -0.562. The molecule has 0 aromatic heterocycles. The lowest BCUT2D eigenvalue weighted by Crippen LogP contribution is -2.48. The van der Waals surface area contributed by atoms with E-state index in [9.17, 15) is 14.4 Å². The minimum absolute atomic E-state index is 0.223. The molecule has 0 atom stereocenters. The number of carboxylic acid groups (broad SMARTS) is 1. The summed E-state index contributed by atoms with van der Waals surface area (Å²) in [5, 5.41) is 13.6. The number of carbonyl (C=O) groups excluding carboxylic acids is 2. The van der Waals surface area contributed by atoms with Crippen molar-refractivity contribution in [3.8, 4) is 0 Å². The van der Waals surface area contributed by atoms with Gasteiger partial charge in [0.25, 0.3) is 0 Å². The summed E-state index contributed by atoms with van der Waals surface area (Å²) in [6, 6.07) is 0. The summed E-state index contributed by atoms with van der Waals surface area (Å²) < 4.78 is 0. The van der Waals surface area contributed by atoms with E-state index in [-0.39, 0.29) is 18.4 Å². The fraction of sp³-hybridized carbons (Fsp3) is 0.667. The van der Waals surface area contributed by atoms with Crippen LogP contribution in [0.4, 0.5) is 4.79 Å². The number of amides is 3. The topological polar surface area (TPSA) is 98.7 Å². The summed E-state index contributed by atoms with van der Waals surface area (Å²) in [4.78, 5) is 33.2.